The summed E-state index contributed by atoms with van der Waals surface area (Å²) < 4.78 is 2.23. The van der Waals surface area contributed by atoms with E-state index in [9.17, 15) is 9.59 Å². The minimum Gasteiger partial charge on any atom is -0.309 e. The number of nitrogens with zero attached hydrogens (tertiary/aromatic N) is 2. The van der Waals surface area contributed by atoms with E-state index in [1.54, 1.807) is 0 Å². The predicted octanol–water partition coefficient (Wildman–Crippen LogP) is 7.26. The number of carbonyl (C=O) groups excluding carboxylic acids is 2. The van der Waals surface area contributed by atoms with Crippen molar-refractivity contribution in [1.82, 2.24) is 9.47 Å². The van der Waals surface area contributed by atoms with E-state index in [0.717, 1.165) is 45.5 Å². The topological polar surface area (TPSA) is 42.3 Å². The van der Waals surface area contributed by atoms with E-state index in [0.29, 0.717) is 4.91 Å². The normalized spacial score (nSPS) is 15.0. The molecule has 34 heavy (non-hydrogen) atoms. The lowest BCUT2D eigenvalue weighted by atomic mass is 10.1. The van der Waals surface area contributed by atoms with Crippen molar-refractivity contribution in [2.45, 2.75) is 19.9 Å². The Hall–Kier alpha value is -3.83. The Morgan fingerprint density at radius 1 is 0.765 bits per heavy atom. The molecule has 0 saturated carbocycles. The van der Waals surface area contributed by atoms with Crippen LogP contribution in [0.2, 0.25) is 0 Å². The van der Waals surface area contributed by atoms with Crippen molar-refractivity contribution in [3.05, 3.63) is 108 Å². The van der Waals surface area contributed by atoms with Crippen molar-refractivity contribution in [2.75, 3.05) is 0 Å². The van der Waals surface area contributed by atoms with Crippen LogP contribution in [0.15, 0.2) is 102 Å². The fraction of sp³-hybridized carbons (Fsp3) is 0.103. The van der Waals surface area contributed by atoms with Gasteiger partial charge in [0.25, 0.3) is 11.1 Å². The minimum atomic E-state index is -0.238. The predicted molar refractivity (Wildman–Crippen MR) is 140 cm³/mol. The summed E-state index contributed by atoms with van der Waals surface area (Å²) in [4.78, 5) is 27.3. The van der Waals surface area contributed by atoms with Gasteiger partial charge in [-0.3, -0.25) is 14.5 Å². The van der Waals surface area contributed by atoms with E-state index >= 15 is 0 Å². The maximum absolute atomic E-state index is 13.1. The average molecular weight is 465 g/mol. The second-order valence-electron chi connectivity index (χ2n) is 8.38. The largest absolute Gasteiger partial charge is 0.309 e. The highest BCUT2D eigenvalue weighted by Gasteiger charge is 2.37. The smallest absolute Gasteiger partial charge is 0.293 e. The van der Waals surface area contributed by atoms with E-state index in [2.05, 4.69) is 47.0 Å². The van der Waals surface area contributed by atoms with Crippen molar-refractivity contribution in [3.8, 4) is 28.2 Å². The van der Waals surface area contributed by atoms with E-state index in [4.69, 9.17) is 0 Å². The molecule has 5 heteroatoms. The summed E-state index contributed by atoms with van der Waals surface area (Å²) in [5.74, 6) is -0.238. The van der Waals surface area contributed by atoms with Gasteiger partial charge in [0.1, 0.15) is 0 Å². The third kappa shape index (κ3) is 3.99. The zero-order valence-corrected chi connectivity index (χ0v) is 19.8. The Morgan fingerprint density at radius 2 is 1.32 bits per heavy atom. The van der Waals surface area contributed by atoms with Crippen molar-refractivity contribution in [3.63, 3.8) is 0 Å². The first-order chi connectivity index (χ1) is 16.5. The molecule has 0 bridgehead atoms. The molecule has 168 valence electrons. The summed E-state index contributed by atoms with van der Waals surface area (Å²) >= 11 is 1.00. The summed E-state index contributed by atoms with van der Waals surface area (Å²) in [6.07, 6.45) is 1.86. The van der Waals surface area contributed by atoms with Gasteiger partial charge in [-0.15, -0.1) is 0 Å². The number of thioether (sulfide) groups is 1. The summed E-state index contributed by atoms with van der Waals surface area (Å²) in [5.41, 5.74) is 6.00. The number of rotatable bonds is 5. The fourth-order valence-electron chi connectivity index (χ4n) is 4.26. The monoisotopic (exact) mass is 464 g/mol. The van der Waals surface area contributed by atoms with E-state index in [1.807, 2.05) is 74.5 Å². The van der Waals surface area contributed by atoms with Gasteiger partial charge in [-0.25, -0.2) is 0 Å². The number of amides is 2. The molecule has 0 aliphatic carbocycles. The maximum Gasteiger partial charge on any atom is 0.293 e. The van der Waals surface area contributed by atoms with Gasteiger partial charge in [-0.2, -0.15) is 0 Å². The molecule has 5 rings (SSSR count). The number of aromatic nitrogens is 1. The molecule has 1 fully saturated rings. The van der Waals surface area contributed by atoms with Gasteiger partial charge in [-0.1, -0.05) is 78.9 Å². The molecule has 1 aliphatic rings. The first kappa shape index (κ1) is 22.0. The van der Waals surface area contributed by atoms with Gasteiger partial charge in [0.05, 0.1) is 16.3 Å². The van der Waals surface area contributed by atoms with Gasteiger partial charge >= 0.3 is 0 Å². The van der Waals surface area contributed by atoms with Crippen LogP contribution in [0.3, 0.4) is 0 Å². The Balaban J connectivity index is 1.78. The number of carbonyl (C=O) groups is 2. The van der Waals surface area contributed by atoms with Crippen LogP contribution in [0.1, 0.15) is 19.4 Å². The number of hydrogen-bond acceptors (Lipinski definition) is 3. The quantitative estimate of drug-likeness (QED) is 0.292. The molecule has 1 saturated heterocycles. The van der Waals surface area contributed by atoms with Gasteiger partial charge in [-0.05, 0) is 61.0 Å². The van der Waals surface area contributed by atoms with Crippen LogP contribution in [-0.4, -0.2) is 26.7 Å². The summed E-state index contributed by atoms with van der Waals surface area (Å²) in [6, 6.07) is 32.5. The molecule has 2 heterocycles. The third-order valence-electron chi connectivity index (χ3n) is 5.79. The zero-order chi connectivity index (χ0) is 23.7. The Kier molecular flexibility index (Phi) is 5.95. The Bertz CT molecular complexity index is 1370. The first-order valence-corrected chi connectivity index (χ1v) is 12.1. The molecule has 0 spiro atoms. The number of para-hydroxylation sites is 1. The lowest BCUT2D eigenvalue weighted by molar-refractivity contribution is -0.123. The average Bonchev–Trinajstić information content (AvgIpc) is 3.37. The molecule has 0 atom stereocenters. The number of benzene rings is 3. The van der Waals surface area contributed by atoms with Crippen LogP contribution < -0.4 is 0 Å². The minimum absolute atomic E-state index is 0.180. The Labute approximate surface area is 203 Å². The van der Waals surface area contributed by atoms with Gasteiger partial charge in [0, 0.05) is 17.3 Å². The Morgan fingerprint density at radius 3 is 1.88 bits per heavy atom. The molecule has 0 radical (unpaired) electrons. The highest BCUT2D eigenvalue weighted by molar-refractivity contribution is 8.18. The van der Waals surface area contributed by atoms with Crippen LogP contribution in [0.5, 0.6) is 0 Å². The summed E-state index contributed by atoms with van der Waals surface area (Å²) in [7, 11) is 0. The molecular formula is C29H24N2O2S. The molecule has 3 aromatic carbocycles. The highest BCUT2D eigenvalue weighted by Crippen LogP contribution is 2.40. The summed E-state index contributed by atoms with van der Waals surface area (Å²) in [6.45, 7) is 3.71. The zero-order valence-electron chi connectivity index (χ0n) is 19.0. The summed E-state index contributed by atoms with van der Waals surface area (Å²) in [5, 5.41) is -0.224. The van der Waals surface area contributed by atoms with E-state index in [1.165, 1.54) is 4.90 Å². The van der Waals surface area contributed by atoms with Gasteiger partial charge in [0.15, 0.2) is 0 Å². The van der Waals surface area contributed by atoms with Crippen LogP contribution in [0, 0.1) is 0 Å². The molecule has 0 N–H and O–H groups in total. The molecule has 1 aromatic heterocycles. The van der Waals surface area contributed by atoms with Crippen LogP contribution >= 0.6 is 11.8 Å². The van der Waals surface area contributed by atoms with Crippen molar-refractivity contribution >= 4 is 29.0 Å². The molecule has 4 aromatic rings. The highest BCUT2D eigenvalue weighted by atomic mass is 32.2. The van der Waals surface area contributed by atoms with Crippen LogP contribution in [0.25, 0.3) is 34.3 Å². The molecule has 0 unspecified atom stereocenters. The standard InChI is InChI=1S/C29H24N2O2S/c1-20(2)30-28(32)26(34-29(30)33)19-23-18-25(21-12-6-3-7-13-21)31(24-16-10-5-11-17-24)27(23)22-14-8-4-9-15-22/h3-20H,1-2H3/b26-19-. The van der Waals surface area contributed by atoms with Crippen LogP contribution in [-0.2, 0) is 4.79 Å². The first-order valence-electron chi connectivity index (χ1n) is 11.2. The molecule has 4 nitrogen and oxygen atoms in total. The van der Waals surface area contributed by atoms with E-state index < -0.39 is 0 Å². The van der Waals surface area contributed by atoms with Gasteiger partial charge in [0.2, 0.25) is 0 Å². The van der Waals surface area contributed by atoms with E-state index in [-0.39, 0.29) is 17.2 Å². The number of imide groups is 1. The van der Waals surface area contributed by atoms with Gasteiger partial charge < -0.3 is 4.57 Å². The number of hydrogen-bond donors (Lipinski definition) is 0. The lowest BCUT2D eigenvalue weighted by Crippen LogP contribution is -2.34. The molecule has 1 aliphatic heterocycles. The SMILES string of the molecule is CC(C)N1C(=O)S/C(=C\c2cc(-c3ccccc3)n(-c3ccccc3)c2-c2ccccc2)C1=O. The molecule has 2 amide bonds. The van der Waals surface area contributed by atoms with Crippen molar-refractivity contribution in [2.24, 2.45) is 0 Å². The second kappa shape index (κ2) is 9.20. The van der Waals surface area contributed by atoms with Crippen LogP contribution in [0.4, 0.5) is 4.79 Å². The maximum atomic E-state index is 13.1. The molecular weight excluding hydrogens is 440 g/mol. The lowest BCUT2D eigenvalue weighted by Gasteiger charge is -2.16. The second-order valence-corrected chi connectivity index (χ2v) is 9.38. The third-order valence-corrected chi connectivity index (χ3v) is 6.67. The van der Waals surface area contributed by atoms with Crippen molar-refractivity contribution in [1.29, 1.82) is 0 Å². The van der Waals surface area contributed by atoms with Crippen molar-refractivity contribution < 1.29 is 9.59 Å². The fourth-order valence-corrected chi connectivity index (χ4v) is 5.22.